The Labute approximate surface area is 133 Å². The lowest BCUT2D eigenvalue weighted by atomic mass is 10.0. The number of fused-ring (bicyclic) bond motifs is 2. The highest BCUT2D eigenvalue weighted by atomic mass is 16.4. The molecule has 2 aromatic rings. The highest BCUT2D eigenvalue weighted by Gasteiger charge is 2.35. The summed E-state index contributed by atoms with van der Waals surface area (Å²) in [6.07, 6.45) is 4.19. The van der Waals surface area contributed by atoms with Crippen LogP contribution in [0.15, 0.2) is 48.5 Å². The second kappa shape index (κ2) is 5.09. The van der Waals surface area contributed by atoms with E-state index in [1.54, 1.807) is 0 Å². The maximum absolute atomic E-state index is 12.9. The zero-order chi connectivity index (χ0) is 16.0. The van der Waals surface area contributed by atoms with Gasteiger partial charge in [0.1, 0.15) is 0 Å². The molecule has 4 heteroatoms. The summed E-state index contributed by atoms with van der Waals surface area (Å²) < 4.78 is 0. The number of carboxylic acids is 1. The second-order valence-corrected chi connectivity index (χ2v) is 5.86. The molecule has 4 rings (SSSR count). The number of para-hydroxylation sites is 1. The van der Waals surface area contributed by atoms with Gasteiger partial charge in [-0.25, -0.2) is 4.79 Å². The Bertz CT molecular complexity index is 852. The molecule has 0 fully saturated rings. The number of carboxylic acid groups (broad SMARTS) is 1. The second-order valence-electron chi connectivity index (χ2n) is 5.86. The molecule has 1 amide bonds. The van der Waals surface area contributed by atoms with E-state index in [2.05, 4.69) is 0 Å². The summed E-state index contributed by atoms with van der Waals surface area (Å²) in [5, 5.41) is 9.23. The van der Waals surface area contributed by atoms with E-state index in [0.29, 0.717) is 16.9 Å². The summed E-state index contributed by atoms with van der Waals surface area (Å²) in [5.74, 6) is -1.21. The first kappa shape index (κ1) is 13.8. The first-order chi connectivity index (χ1) is 11.1. The molecule has 1 heterocycles. The van der Waals surface area contributed by atoms with Crippen LogP contribution in [0.2, 0.25) is 0 Å². The van der Waals surface area contributed by atoms with Crippen LogP contribution in [-0.4, -0.2) is 17.0 Å². The number of hydrogen-bond donors (Lipinski definition) is 1. The van der Waals surface area contributed by atoms with Gasteiger partial charge in [0.2, 0.25) is 0 Å². The van der Waals surface area contributed by atoms with E-state index in [-0.39, 0.29) is 5.91 Å². The molecule has 0 atom stereocenters. The number of carbonyl (C=O) groups excluding carboxylic acids is 1. The Morgan fingerprint density at radius 3 is 2.35 bits per heavy atom. The van der Waals surface area contributed by atoms with E-state index in [1.807, 2.05) is 42.5 Å². The molecular formula is C19H15NO3. The fraction of sp³-hybridized carbons (Fsp3) is 0.158. The van der Waals surface area contributed by atoms with E-state index in [0.717, 1.165) is 30.9 Å². The molecule has 1 aliphatic heterocycles. The Balaban J connectivity index is 1.92. The third-order valence-electron chi connectivity index (χ3n) is 4.46. The lowest BCUT2D eigenvalue weighted by molar-refractivity contribution is -0.131. The molecule has 0 unspecified atom stereocenters. The molecule has 0 saturated carbocycles. The number of amides is 1. The highest BCUT2D eigenvalue weighted by Crippen LogP contribution is 2.39. The standard InChI is InChI=1S/C19H15NO3/c21-18(22)11-17-15-9-12-5-4-6-13(12)10-16(15)19(23)20(17)14-7-2-1-3-8-14/h1-3,7-11H,4-6H2,(H,21,22)/b17-11+. The van der Waals surface area contributed by atoms with Crippen molar-refractivity contribution in [1.29, 1.82) is 0 Å². The van der Waals surface area contributed by atoms with E-state index >= 15 is 0 Å². The lowest BCUT2D eigenvalue weighted by Crippen LogP contribution is -2.22. The van der Waals surface area contributed by atoms with Gasteiger partial charge < -0.3 is 5.11 Å². The minimum absolute atomic E-state index is 0.159. The molecule has 0 radical (unpaired) electrons. The summed E-state index contributed by atoms with van der Waals surface area (Å²) in [5.41, 5.74) is 4.88. The molecule has 0 saturated heterocycles. The average molecular weight is 305 g/mol. The number of anilines is 1. The maximum atomic E-state index is 12.9. The molecule has 1 aliphatic carbocycles. The molecule has 0 aromatic heterocycles. The summed E-state index contributed by atoms with van der Waals surface area (Å²) in [4.78, 5) is 25.6. The monoisotopic (exact) mass is 305 g/mol. The van der Waals surface area contributed by atoms with Crippen molar-refractivity contribution in [3.8, 4) is 0 Å². The number of aliphatic carboxylic acids is 1. The van der Waals surface area contributed by atoms with Gasteiger partial charge in [-0.3, -0.25) is 9.69 Å². The van der Waals surface area contributed by atoms with Gasteiger partial charge in [-0.1, -0.05) is 18.2 Å². The number of rotatable bonds is 2. The van der Waals surface area contributed by atoms with Gasteiger partial charge in [-0.15, -0.1) is 0 Å². The zero-order valence-electron chi connectivity index (χ0n) is 12.5. The summed E-state index contributed by atoms with van der Waals surface area (Å²) in [6.45, 7) is 0. The quantitative estimate of drug-likeness (QED) is 0.866. The molecule has 2 aliphatic rings. The molecule has 0 spiro atoms. The van der Waals surface area contributed by atoms with Gasteiger partial charge >= 0.3 is 5.97 Å². The highest BCUT2D eigenvalue weighted by molar-refractivity contribution is 6.24. The van der Waals surface area contributed by atoms with Crippen LogP contribution >= 0.6 is 0 Å². The van der Waals surface area contributed by atoms with Crippen LogP contribution in [0.5, 0.6) is 0 Å². The maximum Gasteiger partial charge on any atom is 0.330 e. The van der Waals surface area contributed by atoms with Gasteiger partial charge in [-0.2, -0.15) is 0 Å². The molecule has 114 valence electrons. The third kappa shape index (κ3) is 2.14. The van der Waals surface area contributed by atoms with E-state index in [1.165, 1.54) is 16.0 Å². The Morgan fingerprint density at radius 1 is 1.04 bits per heavy atom. The molecule has 1 N–H and O–H groups in total. The van der Waals surface area contributed by atoms with Crippen LogP contribution in [-0.2, 0) is 17.6 Å². The molecule has 23 heavy (non-hydrogen) atoms. The largest absolute Gasteiger partial charge is 0.478 e. The van der Waals surface area contributed by atoms with Crippen molar-refractivity contribution in [1.82, 2.24) is 0 Å². The van der Waals surface area contributed by atoms with Crippen molar-refractivity contribution in [3.63, 3.8) is 0 Å². The number of carbonyl (C=O) groups is 2. The van der Waals surface area contributed by atoms with Gasteiger partial charge in [0.15, 0.2) is 0 Å². The van der Waals surface area contributed by atoms with Crippen molar-refractivity contribution in [3.05, 3.63) is 70.8 Å². The fourth-order valence-electron chi connectivity index (χ4n) is 3.46. The number of aryl methyl sites for hydroxylation is 2. The number of benzene rings is 2. The molecule has 0 bridgehead atoms. The summed E-state index contributed by atoms with van der Waals surface area (Å²) in [6, 6.07) is 13.1. The molecule has 2 aromatic carbocycles. The fourth-order valence-corrected chi connectivity index (χ4v) is 3.46. The molecule has 4 nitrogen and oxygen atoms in total. The first-order valence-corrected chi connectivity index (χ1v) is 7.65. The predicted octanol–water partition coefficient (Wildman–Crippen LogP) is 3.26. The third-order valence-corrected chi connectivity index (χ3v) is 4.46. The Hall–Kier alpha value is -2.88. The normalized spacial score (nSPS) is 17.5. The SMILES string of the molecule is O=C(O)/C=C1\c2cc3c(cc2C(=O)N1c1ccccc1)CCC3. The minimum Gasteiger partial charge on any atom is -0.478 e. The van der Waals surface area contributed by atoms with Crippen LogP contribution in [0.25, 0.3) is 5.70 Å². The Morgan fingerprint density at radius 2 is 1.70 bits per heavy atom. The van der Waals surface area contributed by atoms with E-state index in [4.69, 9.17) is 0 Å². The zero-order valence-corrected chi connectivity index (χ0v) is 12.5. The lowest BCUT2D eigenvalue weighted by Gasteiger charge is -2.18. The van der Waals surface area contributed by atoms with Crippen molar-refractivity contribution in [2.45, 2.75) is 19.3 Å². The van der Waals surface area contributed by atoms with Gasteiger partial charge in [0.25, 0.3) is 5.91 Å². The topological polar surface area (TPSA) is 57.6 Å². The van der Waals surface area contributed by atoms with Crippen LogP contribution in [0.1, 0.15) is 33.5 Å². The smallest absolute Gasteiger partial charge is 0.330 e. The minimum atomic E-state index is -1.05. The summed E-state index contributed by atoms with van der Waals surface area (Å²) in [7, 11) is 0. The van der Waals surface area contributed by atoms with Gasteiger partial charge in [0, 0.05) is 22.9 Å². The van der Waals surface area contributed by atoms with Crippen molar-refractivity contribution < 1.29 is 14.7 Å². The summed E-state index contributed by atoms with van der Waals surface area (Å²) >= 11 is 0. The van der Waals surface area contributed by atoms with E-state index < -0.39 is 5.97 Å². The average Bonchev–Trinajstić information content (AvgIpc) is 3.09. The van der Waals surface area contributed by atoms with Gasteiger partial charge in [-0.05, 0) is 54.7 Å². The van der Waals surface area contributed by atoms with Crippen LogP contribution in [0.4, 0.5) is 5.69 Å². The Kier molecular flexibility index (Phi) is 3.05. The van der Waals surface area contributed by atoms with Crippen molar-refractivity contribution in [2.75, 3.05) is 4.90 Å². The van der Waals surface area contributed by atoms with Crippen LogP contribution in [0.3, 0.4) is 0 Å². The molecular weight excluding hydrogens is 290 g/mol. The van der Waals surface area contributed by atoms with Crippen LogP contribution in [0, 0.1) is 0 Å². The predicted molar refractivity (Wildman–Crippen MR) is 87.3 cm³/mol. The van der Waals surface area contributed by atoms with Crippen molar-refractivity contribution in [2.24, 2.45) is 0 Å². The first-order valence-electron chi connectivity index (χ1n) is 7.65. The number of nitrogens with zero attached hydrogens (tertiary/aromatic N) is 1. The van der Waals surface area contributed by atoms with Gasteiger partial charge in [0.05, 0.1) is 5.70 Å². The van der Waals surface area contributed by atoms with Crippen LogP contribution < -0.4 is 4.90 Å². The van der Waals surface area contributed by atoms with Crippen molar-refractivity contribution >= 4 is 23.3 Å². The van der Waals surface area contributed by atoms with E-state index in [9.17, 15) is 14.7 Å². The number of hydrogen-bond acceptors (Lipinski definition) is 2.